The summed E-state index contributed by atoms with van der Waals surface area (Å²) in [5, 5.41) is 10.0. The van der Waals surface area contributed by atoms with Crippen LogP contribution < -0.4 is 10.6 Å². The molecule has 0 saturated heterocycles. The Morgan fingerprint density at radius 3 is 2.86 bits per heavy atom. The van der Waals surface area contributed by atoms with Crippen molar-refractivity contribution in [3.05, 3.63) is 40.5 Å². The lowest BCUT2D eigenvalue weighted by molar-refractivity contribution is 0.0993. The lowest BCUT2D eigenvalue weighted by Gasteiger charge is -2.17. The zero-order valence-corrected chi connectivity index (χ0v) is 12.8. The van der Waals surface area contributed by atoms with Crippen molar-refractivity contribution in [1.29, 1.82) is 5.26 Å². The highest BCUT2D eigenvalue weighted by atomic mass is 32.1. The van der Waals surface area contributed by atoms with E-state index >= 15 is 0 Å². The highest BCUT2D eigenvalue weighted by Crippen LogP contribution is 2.38. The van der Waals surface area contributed by atoms with E-state index in [4.69, 9.17) is 5.73 Å². The number of carbonyl (C=O) groups is 1. The number of pyridine rings is 1. The normalized spacial score (nSPS) is 10.1. The van der Waals surface area contributed by atoms with Crippen LogP contribution in [0.1, 0.15) is 34.3 Å². The van der Waals surface area contributed by atoms with Crippen LogP contribution in [0.3, 0.4) is 0 Å². The fourth-order valence-electron chi connectivity index (χ4n) is 1.98. The van der Waals surface area contributed by atoms with E-state index in [1.165, 1.54) is 11.3 Å². The van der Waals surface area contributed by atoms with Gasteiger partial charge in [-0.25, -0.2) is 0 Å². The molecule has 108 valence electrons. The van der Waals surface area contributed by atoms with Crippen LogP contribution in [0.5, 0.6) is 0 Å². The molecule has 0 aliphatic carbocycles. The fraction of sp³-hybridized carbons (Fsp3) is 0.267. The molecule has 2 aromatic heterocycles. The third kappa shape index (κ3) is 3.03. The number of ketones is 1. The molecule has 0 fully saturated rings. The molecule has 6 heteroatoms. The molecule has 2 rings (SSSR count). The van der Waals surface area contributed by atoms with Gasteiger partial charge in [0.1, 0.15) is 16.6 Å². The third-order valence-electron chi connectivity index (χ3n) is 3.08. The molecule has 0 atom stereocenters. The van der Waals surface area contributed by atoms with Gasteiger partial charge in [0.05, 0.1) is 22.8 Å². The van der Waals surface area contributed by atoms with Gasteiger partial charge >= 0.3 is 0 Å². The number of carbonyl (C=O) groups excluding carboxylic acids is 1. The standard InChI is InChI=1S/C15H16N4OS/c1-3-12(20)14-13(17)11(8-16)15(21-14)19(2)9-10-6-4-5-7-18-10/h4-7H,3,9,17H2,1-2H3. The Labute approximate surface area is 127 Å². The molecule has 5 nitrogen and oxygen atoms in total. The Morgan fingerprint density at radius 1 is 1.52 bits per heavy atom. The molecule has 2 N–H and O–H groups in total. The monoisotopic (exact) mass is 300 g/mol. The Bertz CT molecular complexity index is 688. The largest absolute Gasteiger partial charge is 0.396 e. The second-order valence-corrected chi connectivity index (χ2v) is 5.59. The topological polar surface area (TPSA) is 83.0 Å². The number of nitriles is 1. The van der Waals surface area contributed by atoms with Crippen LogP contribution in [-0.4, -0.2) is 17.8 Å². The second kappa shape index (κ2) is 6.37. The highest BCUT2D eigenvalue weighted by molar-refractivity contribution is 7.19. The van der Waals surface area contributed by atoms with Crippen molar-refractivity contribution in [3.8, 4) is 6.07 Å². The number of hydrogen-bond donors (Lipinski definition) is 1. The van der Waals surface area contributed by atoms with Crippen molar-refractivity contribution in [1.82, 2.24) is 4.98 Å². The number of Topliss-reactive ketones (excluding diaryl/α,β-unsaturated/α-hetero) is 1. The molecule has 0 radical (unpaired) electrons. The maximum atomic E-state index is 11.9. The van der Waals surface area contributed by atoms with Crippen molar-refractivity contribution in [2.45, 2.75) is 19.9 Å². The average molecular weight is 300 g/mol. The number of nitrogens with two attached hydrogens (primary N) is 1. The molecule has 21 heavy (non-hydrogen) atoms. The maximum Gasteiger partial charge on any atom is 0.174 e. The molecule has 0 aromatic carbocycles. The Morgan fingerprint density at radius 2 is 2.29 bits per heavy atom. The fourth-order valence-corrected chi connectivity index (χ4v) is 3.12. The van der Waals surface area contributed by atoms with Crippen LogP contribution in [-0.2, 0) is 6.54 Å². The minimum Gasteiger partial charge on any atom is -0.396 e. The van der Waals surface area contributed by atoms with Crippen molar-refractivity contribution in [3.63, 3.8) is 0 Å². The summed E-state index contributed by atoms with van der Waals surface area (Å²) in [6, 6.07) is 7.78. The summed E-state index contributed by atoms with van der Waals surface area (Å²) in [5.41, 5.74) is 7.49. The average Bonchev–Trinajstić information content (AvgIpc) is 2.84. The van der Waals surface area contributed by atoms with E-state index in [1.54, 1.807) is 13.1 Å². The van der Waals surface area contributed by atoms with Crippen LogP contribution in [0.25, 0.3) is 0 Å². The van der Waals surface area contributed by atoms with Gasteiger partial charge in [0.2, 0.25) is 0 Å². The summed E-state index contributed by atoms with van der Waals surface area (Å²) in [4.78, 5) is 18.5. The van der Waals surface area contributed by atoms with E-state index < -0.39 is 0 Å². The molecular formula is C15H16N4OS. The van der Waals surface area contributed by atoms with E-state index in [0.29, 0.717) is 28.4 Å². The summed E-state index contributed by atoms with van der Waals surface area (Å²) in [6.45, 7) is 2.33. The van der Waals surface area contributed by atoms with E-state index in [-0.39, 0.29) is 11.5 Å². The first kappa shape index (κ1) is 15.0. The number of aromatic nitrogens is 1. The zero-order chi connectivity index (χ0) is 15.4. The summed E-state index contributed by atoms with van der Waals surface area (Å²) >= 11 is 1.27. The quantitative estimate of drug-likeness (QED) is 0.858. The molecule has 0 aliphatic heterocycles. The second-order valence-electron chi connectivity index (χ2n) is 4.59. The molecule has 0 bridgehead atoms. The number of hydrogen-bond acceptors (Lipinski definition) is 6. The molecule has 0 aliphatic rings. The number of thiophene rings is 1. The Kier molecular flexibility index (Phi) is 4.55. The van der Waals surface area contributed by atoms with Gasteiger partial charge in [-0.1, -0.05) is 13.0 Å². The summed E-state index contributed by atoms with van der Waals surface area (Å²) < 4.78 is 0. The van der Waals surface area contributed by atoms with Gasteiger partial charge in [0.15, 0.2) is 5.78 Å². The summed E-state index contributed by atoms with van der Waals surface area (Å²) in [5.74, 6) is -0.0357. The van der Waals surface area contributed by atoms with Gasteiger partial charge in [0, 0.05) is 19.7 Å². The Balaban J connectivity index is 2.35. The van der Waals surface area contributed by atoms with Gasteiger partial charge in [-0.05, 0) is 12.1 Å². The lowest BCUT2D eigenvalue weighted by Crippen LogP contribution is -2.16. The van der Waals surface area contributed by atoms with Gasteiger partial charge in [-0.3, -0.25) is 9.78 Å². The van der Waals surface area contributed by atoms with E-state index in [2.05, 4.69) is 11.1 Å². The van der Waals surface area contributed by atoms with Crippen LogP contribution in [0.15, 0.2) is 24.4 Å². The Hall–Kier alpha value is -2.39. The van der Waals surface area contributed by atoms with E-state index in [0.717, 1.165) is 5.69 Å². The van der Waals surface area contributed by atoms with Crippen LogP contribution in [0.4, 0.5) is 10.7 Å². The molecule has 0 saturated carbocycles. The summed E-state index contributed by atoms with van der Waals surface area (Å²) in [6.07, 6.45) is 2.10. The van der Waals surface area contributed by atoms with Crippen molar-refractivity contribution >= 4 is 27.8 Å². The third-order valence-corrected chi connectivity index (χ3v) is 4.45. The molecule has 0 unspecified atom stereocenters. The van der Waals surface area contributed by atoms with E-state index in [1.807, 2.05) is 30.1 Å². The predicted molar refractivity (Wildman–Crippen MR) is 84.4 cm³/mol. The minimum atomic E-state index is -0.0357. The van der Waals surface area contributed by atoms with Crippen molar-refractivity contribution in [2.75, 3.05) is 17.7 Å². The molecule has 2 heterocycles. The van der Waals surface area contributed by atoms with Gasteiger partial charge < -0.3 is 10.6 Å². The van der Waals surface area contributed by atoms with Gasteiger partial charge in [0.25, 0.3) is 0 Å². The first-order valence-electron chi connectivity index (χ1n) is 6.55. The molecule has 2 aromatic rings. The molecule has 0 amide bonds. The predicted octanol–water partition coefficient (Wildman–Crippen LogP) is 2.83. The van der Waals surface area contributed by atoms with Gasteiger partial charge in [-0.15, -0.1) is 11.3 Å². The summed E-state index contributed by atoms with van der Waals surface area (Å²) in [7, 11) is 1.86. The van der Waals surface area contributed by atoms with Crippen LogP contribution in [0.2, 0.25) is 0 Å². The lowest BCUT2D eigenvalue weighted by atomic mass is 10.2. The molecule has 0 spiro atoms. The number of nitrogen functional groups attached to an aromatic ring is 1. The molecular weight excluding hydrogens is 284 g/mol. The maximum absolute atomic E-state index is 11.9. The van der Waals surface area contributed by atoms with Gasteiger partial charge in [-0.2, -0.15) is 5.26 Å². The highest BCUT2D eigenvalue weighted by Gasteiger charge is 2.22. The number of rotatable bonds is 5. The SMILES string of the molecule is CCC(=O)c1sc(N(C)Cc2ccccn2)c(C#N)c1N. The van der Waals surface area contributed by atoms with Crippen molar-refractivity contribution in [2.24, 2.45) is 0 Å². The van der Waals surface area contributed by atoms with Crippen molar-refractivity contribution < 1.29 is 4.79 Å². The number of nitrogens with zero attached hydrogens (tertiary/aromatic N) is 3. The van der Waals surface area contributed by atoms with E-state index in [9.17, 15) is 10.1 Å². The first-order valence-corrected chi connectivity index (χ1v) is 7.36. The first-order chi connectivity index (χ1) is 10.1. The zero-order valence-electron chi connectivity index (χ0n) is 12.0. The van der Waals surface area contributed by atoms with Crippen LogP contribution >= 0.6 is 11.3 Å². The smallest absolute Gasteiger partial charge is 0.174 e. The van der Waals surface area contributed by atoms with Crippen LogP contribution in [0, 0.1) is 11.3 Å². The number of anilines is 2. The minimum absolute atomic E-state index is 0.0357.